The minimum Gasteiger partial charge on any atom is 0 e. The van der Waals surface area contributed by atoms with E-state index in [0.717, 1.165) is 0 Å². The summed E-state index contributed by atoms with van der Waals surface area (Å²) in [5.74, 6) is 0. The zero-order chi connectivity index (χ0) is 0. The third kappa shape index (κ3) is 8.84. The van der Waals surface area contributed by atoms with Gasteiger partial charge in [0, 0.05) is 39.0 Å². The fraction of sp³-hybridized carbons (Fsp3) is 0. The molecular formula is H6As2Zn2. The first kappa shape index (κ1) is 32.8. The molecule has 2 atom stereocenters. The van der Waals surface area contributed by atoms with Gasteiger partial charge in [-0.2, -0.15) is 0 Å². The van der Waals surface area contributed by atoms with Gasteiger partial charge in [0.2, 0.25) is 0 Å². The number of hydrogen-bond donors (Lipinski definition) is 0. The van der Waals surface area contributed by atoms with E-state index < -0.39 is 0 Å². The minimum atomic E-state index is 0. The predicted molar refractivity (Wildman–Crippen MR) is 19.9 cm³/mol. The van der Waals surface area contributed by atoms with Crippen LogP contribution >= 0.6 is 0 Å². The summed E-state index contributed by atoms with van der Waals surface area (Å²) in [5, 5.41) is 0. The summed E-state index contributed by atoms with van der Waals surface area (Å²) in [6.07, 6.45) is 0. The number of rotatable bonds is 0. The van der Waals surface area contributed by atoms with Crippen molar-refractivity contribution in [3.8, 4) is 0 Å². The van der Waals surface area contributed by atoms with Crippen LogP contribution in [0.15, 0.2) is 0 Å². The molecule has 0 N–H and O–H groups in total. The maximum absolute atomic E-state index is 0. The molecule has 0 nitrogen and oxygen atoms in total. The molecule has 0 heterocycles. The van der Waals surface area contributed by atoms with Gasteiger partial charge in [0.05, 0.1) is 0 Å². The third-order valence-electron chi connectivity index (χ3n) is 0. The van der Waals surface area contributed by atoms with Crippen LogP contribution in [-0.4, -0.2) is 35.9 Å². The summed E-state index contributed by atoms with van der Waals surface area (Å²) in [4.78, 5) is 0. The molecule has 0 aliphatic rings. The molecule has 0 aliphatic heterocycles. The van der Waals surface area contributed by atoms with Gasteiger partial charge in [-0.25, -0.2) is 0 Å². The Kier molecular flexibility index (Phi) is 150. The second-order valence-corrected chi connectivity index (χ2v) is 0. The fourth-order valence-electron chi connectivity index (χ4n) is 0. The summed E-state index contributed by atoms with van der Waals surface area (Å²) < 4.78 is 0. The topological polar surface area (TPSA) is 0 Å². The van der Waals surface area contributed by atoms with E-state index in [2.05, 4.69) is 0 Å². The Labute approximate surface area is 74.0 Å². The molecule has 0 spiro atoms. The van der Waals surface area contributed by atoms with Crippen molar-refractivity contribution in [2.24, 2.45) is 0 Å². The van der Waals surface area contributed by atoms with Crippen LogP contribution in [0.4, 0.5) is 0 Å². The van der Waals surface area contributed by atoms with Crippen molar-refractivity contribution in [2.45, 2.75) is 0 Å². The first-order chi connectivity index (χ1) is 0. The molecule has 0 aliphatic carbocycles. The molecule has 0 saturated heterocycles. The molecule has 0 saturated carbocycles. The summed E-state index contributed by atoms with van der Waals surface area (Å²) >= 11 is 0. The standard InChI is InChI=1S/2AsH3.2Zn/h2*1H3;;. The average Bonchev–Trinajstić information content (AvgIpc) is 0. The van der Waals surface area contributed by atoms with Crippen molar-refractivity contribution in [1.82, 2.24) is 0 Å². The van der Waals surface area contributed by atoms with E-state index in [0.29, 0.717) is 0 Å². The Balaban J connectivity index is 0. The molecule has 0 aromatic rings. The Morgan fingerprint density at radius 1 is 0.500 bits per heavy atom. The van der Waals surface area contributed by atoms with Crippen LogP contribution in [0, 0.1) is 0 Å². The van der Waals surface area contributed by atoms with Crippen molar-refractivity contribution in [3.05, 3.63) is 0 Å². The van der Waals surface area contributed by atoms with Gasteiger partial charge in [-0.1, -0.05) is 0 Å². The molecule has 20 valence electrons. The normalized spacial score (nSPS) is 0. The second-order valence-electron chi connectivity index (χ2n) is 0. The van der Waals surface area contributed by atoms with E-state index in [-0.39, 0.29) is 74.9 Å². The van der Waals surface area contributed by atoms with Gasteiger partial charge < -0.3 is 0 Å². The molecule has 0 amide bonds. The predicted octanol–water partition coefficient (Wildman–Crippen LogP) is -2.37. The monoisotopic (exact) mass is 284 g/mol. The zero-order valence-corrected chi connectivity index (χ0v) is 14.7. The van der Waals surface area contributed by atoms with Crippen molar-refractivity contribution in [1.29, 1.82) is 0 Å². The van der Waals surface area contributed by atoms with Crippen LogP contribution in [0.2, 0.25) is 0 Å². The molecular weight excluding hydrogens is 281 g/mol. The van der Waals surface area contributed by atoms with Crippen LogP contribution < -0.4 is 0 Å². The van der Waals surface area contributed by atoms with Gasteiger partial charge in [-0.3, -0.25) is 0 Å². The van der Waals surface area contributed by atoms with Crippen molar-refractivity contribution in [2.75, 3.05) is 0 Å². The summed E-state index contributed by atoms with van der Waals surface area (Å²) in [6, 6.07) is 0. The first-order valence-corrected chi connectivity index (χ1v) is 0. The first-order valence-electron chi connectivity index (χ1n) is 0. The largest absolute Gasteiger partial charge is 0 e. The molecule has 2 unspecified atom stereocenters. The van der Waals surface area contributed by atoms with E-state index in [4.69, 9.17) is 0 Å². The van der Waals surface area contributed by atoms with E-state index >= 15 is 0 Å². The molecule has 0 aromatic heterocycles. The molecule has 0 bridgehead atoms. The van der Waals surface area contributed by atoms with E-state index in [1.807, 2.05) is 0 Å². The van der Waals surface area contributed by atoms with Gasteiger partial charge in [0.15, 0.2) is 0 Å². The third-order valence-corrected chi connectivity index (χ3v) is 0. The Hall–Kier alpha value is 2.36. The van der Waals surface area contributed by atoms with E-state index in [9.17, 15) is 0 Å². The summed E-state index contributed by atoms with van der Waals surface area (Å²) in [6.45, 7) is 0. The van der Waals surface area contributed by atoms with Gasteiger partial charge in [0.1, 0.15) is 0 Å². The van der Waals surface area contributed by atoms with Gasteiger partial charge in [-0.15, -0.1) is 0 Å². The SMILES string of the molecule is [AsH3].[AsH3].[Zn].[Zn]. The van der Waals surface area contributed by atoms with Crippen LogP contribution in [0.3, 0.4) is 0 Å². The zero-order valence-electron chi connectivity index (χ0n) is 2.83. The molecule has 0 aromatic carbocycles. The molecule has 0 fully saturated rings. The second kappa shape index (κ2) is 18.3. The summed E-state index contributed by atoms with van der Waals surface area (Å²) in [7, 11) is 0. The smallest absolute Gasteiger partial charge is 0 e. The van der Waals surface area contributed by atoms with Crippen LogP contribution in [0.25, 0.3) is 0 Å². The Morgan fingerprint density at radius 2 is 0.500 bits per heavy atom. The van der Waals surface area contributed by atoms with Crippen LogP contribution in [0.1, 0.15) is 0 Å². The quantitative estimate of drug-likeness (QED) is 0.437. The van der Waals surface area contributed by atoms with Gasteiger partial charge in [-0.05, 0) is 0 Å². The Bertz CT molecular complexity index is 4.00. The van der Waals surface area contributed by atoms with Gasteiger partial charge >= 0.3 is 35.9 Å². The fourth-order valence-corrected chi connectivity index (χ4v) is 0. The molecule has 4 heavy (non-hydrogen) atoms. The van der Waals surface area contributed by atoms with Gasteiger partial charge in [0.25, 0.3) is 0 Å². The van der Waals surface area contributed by atoms with Crippen molar-refractivity contribution < 1.29 is 39.0 Å². The minimum absolute atomic E-state index is 0. The van der Waals surface area contributed by atoms with Crippen molar-refractivity contribution in [3.63, 3.8) is 0 Å². The van der Waals surface area contributed by atoms with E-state index in [1.54, 1.807) is 0 Å². The Morgan fingerprint density at radius 3 is 0.500 bits per heavy atom. The molecule has 0 rings (SSSR count). The van der Waals surface area contributed by atoms with E-state index in [1.165, 1.54) is 0 Å². The molecule has 0 radical (unpaired) electrons. The number of hydrogen-bond acceptors (Lipinski definition) is 0. The van der Waals surface area contributed by atoms with Crippen LogP contribution in [0.5, 0.6) is 0 Å². The maximum Gasteiger partial charge on any atom is 0 e. The summed E-state index contributed by atoms with van der Waals surface area (Å²) in [5.41, 5.74) is 0. The van der Waals surface area contributed by atoms with Crippen LogP contribution in [-0.2, 0) is 39.0 Å². The maximum atomic E-state index is 0. The average molecular weight is 287 g/mol. The van der Waals surface area contributed by atoms with Crippen molar-refractivity contribution >= 4 is 35.9 Å². The molecule has 4 heteroatoms.